The number of carbonyl (C=O) groups is 3. The number of benzene rings is 1. The number of carboxylic acids is 1. The van der Waals surface area contributed by atoms with E-state index >= 15 is 0 Å². The molecular formula is C23H27NO12. The van der Waals surface area contributed by atoms with E-state index < -0.39 is 72.7 Å². The van der Waals surface area contributed by atoms with Crippen molar-refractivity contribution in [3.8, 4) is 5.75 Å². The predicted octanol–water partition coefficient (Wildman–Crippen LogP) is -0.799. The van der Waals surface area contributed by atoms with Gasteiger partial charge in [-0.1, -0.05) is 0 Å². The third-order valence-corrected chi connectivity index (χ3v) is 5.67. The fourth-order valence-electron chi connectivity index (χ4n) is 4.11. The maximum absolute atomic E-state index is 12.4. The van der Waals surface area contributed by atoms with Gasteiger partial charge in [0, 0.05) is 31.4 Å². The van der Waals surface area contributed by atoms with Crippen molar-refractivity contribution in [1.82, 2.24) is 5.32 Å². The Labute approximate surface area is 204 Å². The number of esters is 1. The Morgan fingerprint density at radius 2 is 1.94 bits per heavy atom. The van der Waals surface area contributed by atoms with E-state index in [4.69, 9.17) is 18.6 Å². The van der Waals surface area contributed by atoms with E-state index in [1.165, 1.54) is 24.3 Å². The highest BCUT2D eigenvalue weighted by Crippen LogP contribution is 2.36. The van der Waals surface area contributed by atoms with Crippen LogP contribution in [0.2, 0.25) is 0 Å². The lowest BCUT2D eigenvalue weighted by Gasteiger charge is -2.47. The Morgan fingerprint density at radius 3 is 2.53 bits per heavy atom. The SMILES string of the molecule is CC(=O)N[C@H]1[C@H]([C@H](OC(C)=O)[C@H](O)CO)O[C@@](Oc2ccc3c(C)cc(=O)oc3c2)(C(=O)O)C[C@@H]1O. The van der Waals surface area contributed by atoms with Gasteiger partial charge in [0.25, 0.3) is 0 Å². The highest BCUT2D eigenvalue weighted by molar-refractivity contribution is 5.82. The van der Waals surface area contributed by atoms with Gasteiger partial charge in [-0.25, -0.2) is 9.59 Å². The van der Waals surface area contributed by atoms with Crippen LogP contribution in [0.1, 0.15) is 25.8 Å². The highest BCUT2D eigenvalue weighted by Gasteiger charge is 2.57. The third kappa shape index (κ3) is 5.65. The lowest BCUT2D eigenvalue weighted by atomic mass is 9.88. The zero-order chi connectivity index (χ0) is 26.8. The second-order valence-electron chi connectivity index (χ2n) is 8.47. The monoisotopic (exact) mass is 509 g/mol. The van der Waals surface area contributed by atoms with E-state index in [-0.39, 0.29) is 11.3 Å². The third-order valence-electron chi connectivity index (χ3n) is 5.67. The van der Waals surface area contributed by atoms with Gasteiger partial charge in [-0.05, 0) is 24.6 Å². The molecule has 1 fully saturated rings. The van der Waals surface area contributed by atoms with Gasteiger partial charge in [-0.15, -0.1) is 0 Å². The molecule has 2 aromatic rings. The topological polar surface area (TPSA) is 202 Å². The summed E-state index contributed by atoms with van der Waals surface area (Å²) in [5, 5.41) is 43.7. The standard InChI is InChI=1S/C23H27NO12/c1-10-6-18(30)34-17-7-13(4-5-14(10)17)35-23(22(31)32)8-15(28)19(24-11(2)26)21(36-23)20(16(29)9-25)33-12(3)27/h4-7,15-16,19-21,25,28-29H,8-9H2,1-3H3,(H,24,26)(H,31,32)/t15-,16+,19+,20+,21+,23+/m0/s1. The van der Waals surface area contributed by atoms with Crippen molar-refractivity contribution >= 4 is 28.8 Å². The first-order valence-electron chi connectivity index (χ1n) is 10.9. The number of aliphatic hydroxyl groups excluding tert-OH is 3. The normalized spacial score (nSPS) is 25.6. The number of carboxylic acid groups (broad SMARTS) is 1. The van der Waals surface area contributed by atoms with Gasteiger partial charge < -0.3 is 44.4 Å². The Bertz CT molecular complexity index is 1210. The summed E-state index contributed by atoms with van der Waals surface area (Å²) >= 11 is 0. The van der Waals surface area contributed by atoms with Crippen LogP contribution in [0.5, 0.6) is 5.75 Å². The molecule has 3 rings (SSSR count). The molecule has 0 spiro atoms. The second-order valence-corrected chi connectivity index (χ2v) is 8.47. The first-order valence-corrected chi connectivity index (χ1v) is 10.9. The molecule has 1 saturated heterocycles. The van der Waals surface area contributed by atoms with Gasteiger partial charge in [0.1, 0.15) is 23.5 Å². The number of aliphatic hydroxyl groups is 3. The zero-order valence-electron chi connectivity index (χ0n) is 19.7. The largest absolute Gasteiger partial charge is 0.476 e. The lowest BCUT2D eigenvalue weighted by Crippen LogP contribution is -2.69. The Morgan fingerprint density at radius 1 is 1.25 bits per heavy atom. The van der Waals surface area contributed by atoms with E-state index in [1.54, 1.807) is 6.92 Å². The molecule has 13 heteroatoms. The minimum atomic E-state index is -2.59. The number of hydrogen-bond donors (Lipinski definition) is 5. The number of ether oxygens (including phenoxy) is 3. The quantitative estimate of drug-likeness (QED) is 0.219. The molecule has 0 unspecified atom stereocenters. The molecule has 1 aliphatic heterocycles. The molecule has 36 heavy (non-hydrogen) atoms. The lowest BCUT2D eigenvalue weighted by molar-refractivity contribution is -0.286. The van der Waals surface area contributed by atoms with Crippen LogP contribution in [0.15, 0.2) is 33.5 Å². The number of hydrogen-bond acceptors (Lipinski definition) is 11. The number of nitrogens with one attached hydrogen (secondary N) is 1. The first-order chi connectivity index (χ1) is 16.9. The Balaban J connectivity index is 2.07. The number of fused-ring (bicyclic) bond motifs is 1. The number of carbonyl (C=O) groups excluding carboxylic acids is 2. The van der Waals surface area contributed by atoms with Gasteiger partial charge in [0.15, 0.2) is 6.10 Å². The molecule has 0 saturated carbocycles. The fourth-order valence-corrected chi connectivity index (χ4v) is 4.11. The van der Waals surface area contributed by atoms with Crippen molar-refractivity contribution in [1.29, 1.82) is 0 Å². The Kier molecular flexibility index (Phi) is 7.99. The average molecular weight is 509 g/mol. The molecule has 0 bridgehead atoms. The van der Waals surface area contributed by atoms with Crippen molar-refractivity contribution in [2.75, 3.05) is 6.61 Å². The molecule has 196 valence electrons. The van der Waals surface area contributed by atoms with Crippen LogP contribution in [0.25, 0.3) is 11.0 Å². The van der Waals surface area contributed by atoms with E-state index in [0.29, 0.717) is 10.9 Å². The number of aryl methyl sites for hydroxylation is 1. The van der Waals surface area contributed by atoms with Crippen LogP contribution in [0.4, 0.5) is 0 Å². The van der Waals surface area contributed by atoms with Crippen LogP contribution in [0.3, 0.4) is 0 Å². The van der Waals surface area contributed by atoms with Crippen molar-refractivity contribution in [3.05, 3.63) is 40.2 Å². The van der Waals surface area contributed by atoms with Crippen LogP contribution in [-0.4, -0.2) is 81.1 Å². The molecular weight excluding hydrogens is 482 g/mol. The van der Waals surface area contributed by atoms with E-state index in [0.717, 1.165) is 13.8 Å². The van der Waals surface area contributed by atoms with Gasteiger partial charge in [0.05, 0.1) is 25.2 Å². The first kappa shape index (κ1) is 27.1. The average Bonchev–Trinajstić information content (AvgIpc) is 2.77. The van der Waals surface area contributed by atoms with E-state index in [1.807, 2.05) is 0 Å². The maximum Gasteiger partial charge on any atom is 0.377 e. The minimum Gasteiger partial charge on any atom is -0.476 e. The minimum absolute atomic E-state index is 0.102. The molecule has 1 aliphatic rings. The second kappa shape index (κ2) is 10.6. The molecule has 1 aromatic heterocycles. The zero-order valence-corrected chi connectivity index (χ0v) is 19.7. The summed E-state index contributed by atoms with van der Waals surface area (Å²) in [6.07, 6.45) is -7.43. The predicted molar refractivity (Wildman–Crippen MR) is 120 cm³/mol. The number of rotatable bonds is 8. The molecule has 13 nitrogen and oxygen atoms in total. The van der Waals surface area contributed by atoms with Crippen molar-refractivity contribution in [2.45, 2.75) is 63.4 Å². The maximum atomic E-state index is 12.4. The summed E-state index contributed by atoms with van der Waals surface area (Å²) in [4.78, 5) is 47.6. The summed E-state index contributed by atoms with van der Waals surface area (Å²) in [5.74, 6) is -5.91. The molecule has 0 aliphatic carbocycles. The van der Waals surface area contributed by atoms with Gasteiger partial charge >= 0.3 is 23.4 Å². The highest BCUT2D eigenvalue weighted by atomic mass is 16.7. The Hall–Kier alpha value is -3.52. The molecule has 6 atom stereocenters. The number of aliphatic carboxylic acids is 1. The summed E-state index contributed by atoms with van der Waals surface area (Å²) < 4.78 is 21.6. The van der Waals surface area contributed by atoms with Crippen LogP contribution < -0.4 is 15.7 Å². The summed E-state index contributed by atoms with van der Waals surface area (Å²) in [7, 11) is 0. The van der Waals surface area contributed by atoms with Crippen molar-refractivity contribution in [2.24, 2.45) is 0 Å². The van der Waals surface area contributed by atoms with Crippen LogP contribution >= 0.6 is 0 Å². The summed E-state index contributed by atoms with van der Waals surface area (Å²) in [6.45, 7) is 2.92. The van der Waals surface area contributed by atoms with E-state index in [9.17, 15) is 39.6 Å². The van der Waals surface area contributed by atoms with Crippen molar-refractivity contribution < 1.29 is 53.4 Å². The van der Waals surface area contributed by atoms with Crippen molar-refractivity contribution in [3.63, 3.8) is 0 Å². The molecule has 0 radical (unpaired) electrons. The van der Waals surface area contributed by atoms with Gasteiger partial charge in [0.2, 0.25) is 5.91 Å². The molecule has 5 N–H and O–H groups in total. The summed E-state index contributed by atoms with van der Waals surface area (Å²) in [6, 6.07) is 4.15. The van der Waals surface area contributed by atoms with Gasteiger partial charge in [-0.3, -0.25) is 9.59 Å². The van der Waals surface area contributed by atoms with Crippen LogP contribution in [-0.2, 0) is 23.9 Å². The number of amides is 1. The smallest absolute Gasteiger partial charge is 0.377 e. The fraction of sp³-hybridized carbons (Fsp3) is 0.478. The summed E-state index contributed by atoms with van der Waals surface area (Å²) in [5.41, 5.74) is 0.0935. The van der Waals surface area contributed by atoms with E-state index in [2.05, 4.69) is 5.32 Å². The van der Waals surface area contributed by atoms with Crippen LogP contribution in [0, 0.1) is 6.92 Å². The molecule has 1 amide bonds. The molecule has 1 aromatic carbocycles. The molecule has 2 heterocycles. The van der Waals surface area contributed by atoms with Gasteiger partial charge in [-0.2, -0.15) is 0 Å².